The van der Waals surface area contributed by atoms with Crippen LogP contribution in [0.4, 0.5) is 0 Å². The maximum atomic E-state index is 11.8. The molecule has 0 aromatic heterocycles. The molecule has 5 nitrogen and oxygen atoms in total. The van der Waals surface area contributed by atoms with E-state index in [9.17, 15) is 14.7 Å². The Kier molecular flexibility index (Phi) is 7.46. The van der Waals surface area contributed by atoms with E-state index in [1.807, 2.05) is 44.2 Å². The molecule has 0 radical (unpaired) electrons. The van der Waals surface area contributed by atoms with Gasteiger partial charge in [0.05, 0.1) is 0 Å². The molecule has 0 fully saturated rings. The predicted molar refractivity (Wildman–Crippen MR) is 82.1 cm³/mol. The summed E-state index contributed by atoms with van der Waals surface area (Å²) in [4.78, 5) is 23.0. The Morgan fingerprint density at radius 3 is 2.43 bits per heavy atom. The maximum Gasteiger partial charge on any atom is 0.326 e. The maximum absolute atomic E-state index is 11.8. The van der Waals surface area contributed by atoms with Crippen LogP contribution in [0.25, 0.3) is 0 Å². The van der Waals surface area contributed by atoms with Gasteiger partial charge in [0.2, 0.25) is 5.91 Å². The molecule has 1 rings (SSSR count). The van der Waals surface area contributed by atoms with Crippen molar-refractivity contribution in [3.63, 3.8) is 0 Å². The molecule has 0 heterocycles. The Bertz CT molecular complexity index is 446. The topological polar surface area (TPSA) is 78.4 Å². The third kappa shape index (κ3) is 7.46. The van der Waals surface area contributed by atoms with Crippen LogP contribution in [-0.2, 0) is 16.0 Å². The van der Waals surface area contributed by atoms with Gasteiger partial charge in [-0.3, -0.25) is 4.79 Å². The van der Waals surface area contributed by atoms with Crippen molar-refractivity contribution < 1.29 is 14.7 Å². The van der Waals surface area contributed by atoms with Gasteiger partial charge in [0, 0.05) is 18.9 Å². The lowest BCUT2D eigenvalue weighted by Gasteiger charge is -2.15. The Hall–Kier alpha value is -1.88. The van der Waals surface area contributed by atoms with E-state index in [1.54, 1.807) is 0 Å². The summed E-state index contributed by atoms with van der Waals surface area (Å²) in [7, 11) is 0. The van der Waals surface area contributed by atoms with Gasteiger partial charge in [0.1, 0.15) is 6.04 Å². The van der Waals surface area contributed by atoms with Gasteiger partial charge in [-0.1, -0.05) is 44.2 Å². The van der Waals surface area contributed by atoms with Crippen LogP contribution in [0.2, 0.25) is 0 Å². The first-order valence-corrected chi connectivity index (χ1v) is 7.28. The normalized spacial score (nSPS) is 12.1. The van der Waals surface area contributed by atoms with Crippen LogP contribution >= 0.6 is 0 Å². The van der Waals surface area contributed by atoms with Gasteiger partial charge < -0.3 is 15.7 Å². The summed E-state index contributed by atoms with van der Waals surface area (Å²) in [5.41, 5.74) is 0.895. The zero-order chi connectivity index (χ0) is 15.7. The number of hydrogen-bond donors (Lipinski definition) is 3. The number of carbonyl (C=O) groups is 2. The van der Waals surface area contributed by atoms with Gasteiger partial charge in [0.15, 0.2) is 0 Å². The van der Waals surface area contributed by atoms with Gasteiger partial charge in [-0.25, -0.2) is 4.79 Å². The van der Waals surface area contributed by atoms with Crippen molar-refractivity contribution in [1.29, 1.82) is 0 Å². The highest BCUT2D eigenvalue weighted by Gasteiger charge is 2.19. The molecule has 116 valence electrons. The van der Waals surface area contributed by atoms with E-state index in [0.29, 0.717) is 25.3 Å². The summed E-state index contributed by atoms with van der Waals surface area (Å²) in [5.74, 6) is -1.23. The molecular weight excluding hydrogens is 268 g/mol. The summed E-state index contributed by atoms with van der Waals surface area (Å²) in [6, 6.07) is 8.81. The molecule has 0 aliphatic heterocycles. The van der Waals surface area contributed by atoms with Crippen molar-refractivity contribution in [2.75, 3.05) is 6.54 Å². The molecule has 1 atom stereocenters. The molecule has 0 saturated heterocycles. The lowest BCUT2D eigenvalue weighted by atomic mass is 10.1. The first-order chi connectivity index (χ1) is 9.99. The summed E-state index contributed by atoms with van der Waals surface area (Å²) in [6.07, 6.45) is 1.33. The van der Waals surface area contributed by atoms with Crippen LogP contribution in [0.1, 0.15) is 32.3 Å². The standard InChI is InChI=1S/C16H24N2O3/c1-12(2)17-10-6-9-15(19)18-14(16(20)21)11-13-7-4-3-5-8-13/h3-5,7-8,12,14,17H,6,9-11H2,1-2H3,(H,18,19)(H,20,21)/t14-/m1/s1. The Labute approximate surface area is 125 Å². The van der Waals surface area contributed by atoms with Crippen molar-refractivity contribution in [2.45, 2.75) is 45.2 Å². The lowest BCUT2D eigenvalue weighted by Crippen LogP contribution is -2.42. The second kappa shape index (κ2) is 9.13. The van der Waals surface area contributed by atoms with Gasteiger partial charge in [-0.2, -0.15) is 0 Å². The fourth-order valence-electron chi connectivity index (χ4n) is 1.96. The molecule has 0 spiro atoms. The molecular formula is C16H24N2O3. The first kappa shape index (κ1) is 17.2. The number of hydrogen-bond acceptors (Lipinski definition) is 3. The van der Waals surface area contributed by atoms with Crippen molar-refractivity contribution in [1.82, 2.24) is 10.6 Å². The Morgan fingerprint density at radius 1 is 1.19 bits per heavy atom. The number of aliphatic carboxylic acids is 1. The highest BCUT2D eigenvalue weighted by molar-refractivity contribution is 5.83. The van der Waals surface area contributed by atoms with Crippen LogP contribution in [0.3, 0.4) is 0 Å². The minimum atomic E-state index is -1.01. The van der Waals surface area contributed by atoms with Gasteiger partial charge in [-0.05, 0) is 18.5 Å². The molecule has 0 bridgehead atoms. The van der Waals surface area contributed by atoms with Gasteiger partial charge in [-0.15, -0.1) is 0 Å². The zero-order valence-electron chi connectivity index (χ0n) is 12.6. The second-order valence-electron chi connectivity index (χ2n) is 5.36. The molecule has 0 saturated carbocycles. The number of carboxylic acid groups (broad SMARTS) is 1. The van der Waals surface area contributed by atoms with Crippen molar-refractivity contribution in [2.24, 2.45) is 0 Å². The van der Waals surface area contributed by atoms with Gasteiger partial charge in [0.25, 0.3) is 0 Å². The molecule has 1 aromatic carbocycles. The van der Waals surface area contributed by atoms with Crippen LogP contribution in [0.15, 0.2) is 30.3 Å². The minimum Gasteiger partial charge on any atom is -0.480 e. The average Bonchev–Trinajstić information content (AvgIpc) is 2.44. The summed E-state index contributed by atoms with van der Waals surface area (Å²) in [5, 5.41) is 15.0. The SMILES string of the molecule is CC(C)NCCCC(=O)N[C@H](Cc1ccccc1)C(=O)O. The van der Waals surface area contributed by atoms with Crippen LogP contribution in [0, 0.1) is 0 Å². The molecule has 3 N–H and O–H groups in total. The van der Waals surface area contributed by atoms with E-state index in [0.717, 1.165) is 12.1 Å². The Balaban J connectivity index is 2.40. The second-order valence-corrected chi connectivity index (χ2v) is 5.36. The van der Waals surface area contributed by atoms with E-state index < -0.39 is 12.0 Å². The van der Waals surface area contributed by atoms with E-state index in [2.05, 4.69) is 10.6 Å². The number of nitrogens with one attached hydrogen (secondary N) is 2. The van der Waals surface area contributed by atoms with Crippen molar-refractivity contribution in [3.8, 4) is 0 Å². The zero-order valence-corrected chi connectivity index (χ0v) is 12.6. The van der Waals surface area contributed by atoms with E-state index in [-0.39, 0.29) is 5.91 Å². The summed E-state index contributed by atoms with van der Waals surface area (Å²) >= 11 is 0. The van der Waals surface area contributed by atoms with E-state index >= 15 is 0 Å². The van der Waals surface area contributed by atoms with Crippen LogP contribution in [-0.4, -0.2) is 35.6 Å². The fraction of sp³-hybridized carbons (Fsp3) is 0.500. The van der Waals surface area contributed by atoms with E-state index in [1.165, 1.54) is 0 Å². The highest BCUT2D eigenvalue weighted by Crippen LogP contribution is 2.04. The lowest BCUT2D eigenvalue weighted by molar-refractivity contribution is -0.141. The number of carboxylic acids is 1. The first-order valence-electron chi connectivity index (χ1n) is 7.28. The molecule has 21 heavy (non-hydrogen) atoms. The molecule has 1 amide bonds. The molecule has 0 unspecified atom stereocenters. The number of amides is 1. The quantitative estimate of drug-likeness (QED) is 0.604. The third-order valence-electron chi connectivity index (χ3n) is 3.05. The molecule has 0 aliphatic rings. The molecule has 0 aliphatic carbocycles. The molecule has 5 heteroatoms. The predicted octanol–water partition coefficient (Wildman–Crippen LogP) is 1.58. The number of carbonyl (C=O) groups excluding carboxylic acids is 1. The molecule has 1 aromatic rings. The summed E-state index contributed by atoms with van der Waals surface area (Å²) in [6.45, 7) is 4.84. The smallest absolute Gasteiger partial charge is 0.326 e. The number of benzene rings is 1. The van der Waals surface area contributed by atoms with Crippen LogP contribution < -0.4 is 10.6 Å². The Morgan fingerprint density at radius 2 is 1.86 bits per heavy atom. The monoisotopic (exact) mass is 292 g/mol. The summed E-state index contributed by atoms with van der Waals surface area (Å²) < 4.78 is 0. The minimum absolute atomic E-state index is 0.219. The third-order valence-corrected chi connectivity index (χ3v) is 3.05. The largest absolute Gasteiger partial charge is 0.480 e. The highest BCUT2D eigenvalue weighted by atomic mass is 16.4. The average molecular weight is 292 g/mol. The van der Waals surface area contributed by atoms with Crippen molar-refractivity contribution in [3.05, 3.63) is 35.9 Å². The fourth-order valence-corrected chi connectivity index (χ4v) is 1.96. The van der Waals surface area contributed by atoms with E-state index in [4.69, 9.17) is 0 Å². The number of rotatable bonds is 9. The van der Waals surface area contributed by atoms with Gasteiger partial charge >= 0.3 is 5.97 Å². The van der Waals surface area contributed by atoms with Crippen molar-refractivity contribution >= 4 is 11.9 Å². The van der Waals surface area contributed by atoms with Crippen LogP contribution in [0.5, 0.6) is 0 Å².